The van der Waals surface area contributed by atoms with Gasteiger partial charge in [0.15, 0.2) is 5.78 Å². The maximum atomic E-state index is 12.2. The highest BCUT2D eigenvalue weighted by Crippen LogP contribution is 2.29. The molecule has 0 amide bonds. The molecule has 1 aromatic carbocycles. The van der Waals surface area contributed by atoms with Gasteiger partial charge in [0.25, 0.3) is 0 Å². The van der Waals surface area contributed by atoms with E-state index >= 15 is 0 Å². The van der Waals surface area contributed by atoms with Crippen molar-refractivity contribution in [3.63, 3.8) is 0 Å². The zero-order valence-electron chi connectivity index (χ0n) is 13.6. The van der Waals surface area contributed by atoms with Gasteiger partial charge < -0.3 is 0 Å². The van der Waals surface area contributed by atoms with E-state index in [0.29, 0.717) is 5.78 Å². The summed E-state index contributed by atoms with van der Waals surface area (Å²) in [5, 5.41) is 0. The van der Waals surface area contributed by atoms with Crippen LogP contribution in [0.15, 0.2) is 24.3 Å². The molecule has 0 N–H and O–H groups in total. The Hall–Kier alpha value is -1.11. The van der Waals surface area contributed by atoms with Crippen LogP contribution in [0, 0.1) is 5.92 Å². The van der Waals surface area contributed by atoms with Crippen molar-refractivity contribution in [1.82, 2.24) is 0 Å². The number of carbonyl (C=O) groups is 1. The van der Waals surface area contributed by atoms with Crippen LogP contribution in [-0.2, 0) is 6.42 Å². The van der Waals surface area contributed by atoms with Crippen LogP contribution in [0.5, 0.6) is 0 Å². The fourth-order valence-electron chi connectivity index (χ4n) is 3.39. The molecule has 0 saturated heterocycles. The van der Waals surface area contributed by atoms with Crippen LogP contribution in [0.1, 0.15) is 87.1 Å². The summed E-state index contributed by atoms with van der Waals surface area (Å²) >= 11 is 0. The molecule has 1 aliphatic rings. The highest BCUT2D eigenvalue weighted by Gasteiger charge is 2.16. The number of Topliss-reactive ketones (excluding diaryl/α,β-unsaturated/α-hetero) is 1. The fourth-order valence-corrected chi connectivity index (χ4v) is 3.39. The highest BCUT2D eigenvalue weighted by atomic mass is 16.1. The van der Waals surface area contributed by atoms with Gasteiger partial charge in [0.1, 0.15) is 0 Å². The molecule has 21 heavy (non-hydrogen) atoms. The summed E-state index contributed by atoms with van der Waals surface area (Å²) in [5.41, 5.74) is 2.28. The largest absolute Gasteiger partial charge is 0.294 e. The second-order valence-electron chi connectivity index (χ2n) is 6.62. The monoisotopic (exact) mass is 286 g/mol. The lowest BCUT2D eigenvalue weighted by atomic mass is 9.96. The summed E-state index contributed by atoms with van der Waals surface area (Å²) in [6, 6.07) is 8.36. The van der Waals surface area contributed by atoms with E-state index in [2.05, 4.69) is 19.1 Å². The van der Waals surface area contributed by atoms with E-state index in [1.165, 1.54) is 56.9 Å². The van der Waals surface area contributed by atoms with Gasteiger partial charge in [0.2, 0.25) is 0 Å². The average molecular weight is 286 g/mol. The number of carbonyl (C=O) groups excluding carboxylic acids is 1. The molecule has 1 nitrogen and oxygen atoms in total. The Morgan fingerprint density at radius 1 is 1.05 bits per heavy atom. The average Bonchev–Trinajstić information content (AvgIpc) is 3.03. The molecule has 0 radical (unpaired) electrons. The van der Waals surface area contributed by atoms with Crippen molar-refractivity contribution >= 4 is 5.78 Å². The van der Waals surface area contributed by atoms with E-state index in [-0.39, 0.29) is 0 Å². The molecule has 1 fully saturated rings. The van der Waals surface area contributed by atoms with Crippen molar-refractivity contribution in [3.8, 4) is 0 Å². The Morgan fingerprint density at radius 2 is 1.76 bits per heavy atom. The maximum Gasteiger partial charge on any atom is 0.162 e. The minimum atomic E-state index is 0.333. The molecule has 1 aliphatic carbocycles. The molecule has 116 valence electrons. The molecule has 0 heterocycles. The lowest BCUT2D eigenvalue weighted by Crippen LogP contribution is -2.03. The molecule has 0 atom stereocenters. The van der Waals surface area contributed by atoms with Crippen LogP contribution >= 0.6 is 0 Å². The first-order chi connectivity index (χ1) is 10.3. The van der Waals surface area contributed by atoms with Crippen LogP contribution < -0.4 is 0 Å². The highest BCUT2D eigenvalue weighted by molar-refractivity contribution is 5.96. The smallest absolute Gasteiger partial charge is 0.162 e. The Bertz CT molecular complexity index is 412. The number of benzene rings is 1. The first-order valence-corrected chi connectivity index (χ1v) is 8.91. The van der Waals surface area contributed by atoms with Gasteiger partial charge in [-0.3, -0.25) is 4.79 Å². The summed E-state index contributed by atoms with van der Waals surface area (Å²) in [6.07, 6.45) is 13.6. The summed E-state index contributed by atoms with van der Waals surface area (Å²) in [7, 11) is 0. The summed E-state index contributed by atoms with van der Waals surface area (Å²) in [6.45, 7) is 2.24. The van der Waals surface area contributed by atoms with Gasteiger partial charge in [-0.2, -0.15) is 0 Å². The first kappa shape index (κ1) is 16.3. The van der Waals surface area contributed by atoms with Gasteiger partial charge in [-0.25, -0.2) is 0 Å². The second kappa shape index (κ2) is 9.02. The van der Waals surface area contributed by atoms with Gasteiger partial charge in [-0.1, -0.05) is 76.1 Å². The molecule has 1 aromatic rings. The fraction of sp³-hybridized carbons (Fsp3) is 0.650. The zero-order valence-corrected chi connectivity index (χ0v) is 13.6. The van der Waals surface area contributed by atoms with E-state index in [4.69, 9.17) is 0 Å². The normalized spacial score (nSPS) is 15.5. The van der Waals surface area contributed by atoms with Gasteiger partial charge in [-0.15, -0.1) is 0 Å². The number of hydrogen-bond donors (Lipinski definition) is 0. The molecule has 0 aromatic heterocycles. The molecule has 0 unspecified atom stereocenters. The topological polar surface area (TPSA) is 17.1 Å². The third-order valence-corrected chi connectivity index (χ3v) is 4.85. The lowest BCUT2D eigenvalue weighted by molar-refractivity contribution is 0.0974. The molecule has 1 saturated carbocycles. The van der Waals surface area contributed by atoms with Crippen LogP contribution in [0.3, 0.4) is 0 Å². The predicted octanol–water partition coefficient (Wildman–Crippen LogP) is 5.96. The molecule has 1 heteroatoms. The van der Waals surface area contributed by atoms with Crippen LogP contribution in [0.4, 0.5) is 0 Å². The number of hydrogen-bond acceptors (Lipinski definition) is 1. The molecular formula is C20H30O. The van der Waals surface area contributed by atoms with Crippen molar-refractivity contribution in [2.45, 2.75) is 77.6 Å². The first-order valence-electron chi connectivity index (χ1n) is 8.91. The van der Waals surface area contributed by atoms with Crippen LogP contribution in [0.2, 0.25) is 0 Å². The molecule has 0 bridgehead atoms. The molecule has 0 spiro atoms. The minimum absolute atomic E-state index is 0.333. The third kappa shape index (κ3) is 5.65. The van der Waals surface area contributed by atoms with Gasteiger partial charge in [-0.05, 0) is 30.7 Å². The van der Waals surface area contributed by atoms with Crippen molar-refractivity contribution in [1.29, 1.82) is 0 Å². The van der Waals surface area contributed by atoms with Crippen molar-refractivity contribution < 1.29 is 4.79 Å². The predicted molar refractivity (Wildman–Crippen MR) is 89.8 cm³/mol. The molecule has 0 aliphatic heterocycles. The lowest BCUT2D eigenvalue weighted by Gasteiger charge is -2.08. The van der Waals surface area contributed by atoms with E-state index in [0.717, 1.165) is 30.7 Å². The molecule has 2 rings (SSSR count). The third-order valence-electron chi connectivity index (χ3n) is 4.85. The van der Waals surface area contributed by atoms with Crippen molar-refractivity contribution in [2.24, 2.45) is 5.92 Å². The van der Waals surface area contributed by atoms with E-state index in [1.807, 2.05) is 12.1 Å². The van der Waals surface area contributed by atoms with Gasteiger partial charge >= 0.3 is 0 Å². The SMILES string of the molecule is CCCCCCc1ccc(C(=O)CCC2CCCC2)cc1. The summed E-state index contributed by atoms with van der Waals surface area (Å²) in [4.78, 5) is 12.2. The quantitative estimate of drug-likeness (QED) is 0.404. The standard InChI is InChI=1S/C20H30O/c1-2-3-4-5-8-18-11-14-19(15-12-18)20(21)16-13-17-9-6-7-10-17/h11-12,14-15,17H,2-10,13,16H2,1H3. The minimum Gasteiger partial charge on any atom is -0.294 e. The second-order valence-corrected chi connectivity index (χ2v) is 6.62. The number of aryl methyl sites for hydroxylation is 1. The van der Waals surface area contributed by atoms with Gasteiger partial charge in [0, 0.05) is 12.0 Å². The number of ketones is 1. The van der Waals surface area contributed by atoms with E-state index in [9.17, 15) is 4.79 Å². The van der Waals surface area contributed by atoms with Crippen LogP contribution in [-0.4, -0.2) is 5.78 Å². The van der Waals surface area contributed by atoms with Crippen molar-refractivity contribution in [2.75, 3.05) is 0 Å². The molecular weight excluding hydrogens is 256 g/mol. The maximum absolute atomic E-state index is 12.2. The van der Waals surface area contributed by atoms with E-state index in [1.54, 1.807) is 0 Å². The number of unbranched alkanes of at least 4 members (excludes halogenated alkanes) is 3. The Morgan fingerprint density at radius 3 is 2.43 bits per heavy atom. The zero-order chi connectivity index (χ0) is 14.9. The Balaban J connectivity index is 1.73. The summed E-state index contributed by atoms with van der Waals surface area (Å²) in [5.74, 6) is 1.14. The van der Waals surface area contributed by atoms with E-state index < -0.39 is 0 Å². The van der Waals surface area contributed by atoms with Crippen molar-refractivity contribution in [3.05, 3.63) is 35.4 Å². The number of rotatable bonds is 9. The summed E-state index contributed by atoms with van der Waals surface area (Å²) < 4.78 is 0. The van der Waals surface area contributed by atoms with Gasteiger partial charge in [0.05, 0.1) is 0 Å². The Labute approximate surface area is 130 Å². The van der Waals surface area contributed by atoms with Crippen LogP contribution in [0.25, 0.3) is 0 Å². The Kier molecular flexibility index (Phi) is 6.99.